The van der Waals surface area contributed by atoms with Crippen molar-refractivity contribution in [1.82, 2.24) is 4.98 Å². The summed E-state index contributed by atoms with van der Waals surface area (Å²) in [6.45, 7) is 0. The number of nitrogens with zero attached hydrogens (tertiary/aromatic N) is 2. The topological polar surface area (TPSA) is 16.1 Å². The number of hydrogen-bond acceptors (Lipinski definition) is 3. The number of pyridine rings is 1. The zero-order valence-corrected chi connectivity index (χ0v) is 31.2. The van der Waals surface area contributed by atoms with Crippen molar-refractivity contribution in [3.8, 4) is 66.9 Å². The first-order valence-corrected chi connectivity index (χ1v) is 19.9. The fraction of sp³-hybridized carbons (Fsp3) is 0. The minimum absolute atomic E-state index is 0.988. The molecule has 0 N–H and O–H groups in total. The van der Waals surface area contributed by atoms with Crippen LogP contribution in [0.5, 0.6) is 0 Å². The third-order valence-corrected chi connectivity index (χ3v) is 12.2. The summed E-state index contributed by atoms with van der Waals surface area (Å²) < 4.78 is 1.21. The molecule has 0 bridgehead atoms. The van der Waals surface area contributed by atoms with Crippen molar-refractivity contribution >= 4 is 48.7 Å². The first-order valence-electron chi connectivity index (χ1n) is 19.0. The largest absolute Gasteiger partial charge is 0.309 e. The van der Waals surface area contributed by atoms with Crippen molar-refractivity contribution in [1.29, 1.82) is 0 Å². The minimum Gasteiger partial charge on any atom is -0.309 e. The molecule has 56 heavy (non-hydrogen) atoms. The van der Waals surface area contributed by atoms with E-state index in [2.05, 4.69) is 211 Å². The molecule has 11 rings (SSSR count). The average Bonchev–Trinajstić information content (AvgIpc) is 3.66. The summed E-state index contributed by atoms with van der Waals surface area (Å²) in [5.74, 6) is 0. The Kier molecular flexibility index (Phi) is 7.72. The predicted octanol–water partition coefficient (Wildman–Crippen LogP) is 15.2. The van der Waals surface area contributed by atoms with Crippen LogP contribution in [-0.4, -0.2) is 4.98 Å². The van der Waals surface area contributed by atoms with Gasteiger partial charge in [0.1, 0.15) is 4.83 Å². The van der Waals surface area contributed by atoms with Gasteiger partial charge < -0.3 is 4.90 Å². The molecule has 0 fully saturated rings. The van der Waals surface area contributed by atoms with E-state index in [1.165, 1.54) is 71.1 Å². The molecule has 0 saturated carbocycles. The summed E-state index contributed by atoms with van der Waals surface area (Å²) in [5, 5.41) is 2.39. The zero-order chi connectivity index (χ0) is 37.0. The molecule has 2 heterocycles. The SMILES string of the molecule is c1ccc(-c2ccc(N(c3ccc4c(c3)-c3ccccc3-c3ccccc3-c3ccccc3-4)c3cccc4c3sc3nc(-c5ccccc5)ccc34)cc2)cc1. The minimum atomic E-state index is 0.988. The van der Waals surface area contributed by atoms with Gasteiger partial charge in [-0.05, 0) is 98.1 Å². The van der Waals surface area contributed by atoms with E-state index in [1.54, 1.807) is 11.3 Å². The Morgan fingerprint density at radius 3 is 1.45 bits per heavy atom. The fourth-order valence-electron chi connectivity index (χ4n) is 8.46. The lowest BCUT2D eigenvalue weighted by Gasteiger charge is -2.29. The summed E-state index contributed by atoms with van der Waals surface area (Å²) >= 11 is 1.77. The van der Waals surface area contributed by atoms with Crippen molar-refractivity contribution in [3.05, 3.63) is 206 Å². The van der Waals surface area contributed by atoms with Crippen LogP contribution in [0.15, 0.2) is 206 Å². The van der Waals surface area contributed by atoms with E-state index in [-0.39, 0.29) is 0 Å². The van der Waals surface area contributed by atoms with E-state index in [0.29, 0.717) is 0 Å². The molecule has 2 aromatic heterocycles. The first kappa shape index (κ1) is 32.4. The molecule has 262 valence electrons. The predicted molar refractivity (Wildman–Crippen MR) is 238 cm³/mol. The van der Waals surface area contributed by atoms with Gasteiger partial charge in [-0.25, -0.2) is 4.98 Å². The van der Waals surface area contributed by atoms with E-state index >= 15 is 0 Å². The molecule has 0 aliphatic heterocycles. The highest BCUT2D eigenvalue weighted by molar-refractivity contribution is 7.26. The van der Waals surface area contributed by atoms with Gasteiger partial charge in [0, 0.05) is 27.7 Å². The lowest BCUT2D eigenvalue weighted by molar-refractivity contribution is 1.30. The fourth-order valence-corrected chi connectivity index (χ4v) is 9.64. The summed E-state index contributed by atoms with van der Waals surface area (Å²) in [6.07, 6.45) is 0. The van der Waals surface area contributed by atoms with Crippen molar-refractivity contribution in [2.45, 2.75) is 0 Å². The monoisotopic (exact) mass is 730 g/mol. The Balaban J connectivity index is 1.15. The molecular weight excluding hydrogens is 697 g/mol. The molecule has 1 aliphatic carbocycles. The van der Waals surface area contributed by atoms with Gasteiger partial charge in [0.2, 0.25) is 0 Å². The lowest BCUT2D eigenvalue weighted by Crippen LogP contribution is -2.10. The second-order valence-electron chi connectivity index (χ2n) is 14.3. The molecule has 8 aromatic carbocycles. The lowest BCUT2D eigenvalue weighted by atomic mass is 9.81. The smallest absolute Gasteiger partial charge is 0.125 e. The molecule has 1 aliphatic rings. The Bertz CT molecular complexity index is 3070. The Labute approximate surface area is 330 Å². The maximum Gasteiger partial charge on any atom is 0.125 e. The molecule has 0 atom stereocenters. The van der Waals surface area contributed by atoms with Gasteiger partial charge in [-0.15, -0.1) is 11.3 Å². The zero-order valence-electron chi connectivity index (χ0n) is 30.4. The number of fused-ring (bicyclic) bond motifs is 11. The van der Waals surface area contributed by atoms with Crippen LogP contribution in [0.3, 0.4) is 0 Å². The number of aromatic nitrogens is 1. The Morgan fingerprint density at radius 2 is 0.839 bits per heavy atom. The molecule has 0 amide bonds. The van der Waals surface area contributed by atoms with Crippen molar-refractivity contribution in [3.63, 3.8) is 0 Å². The number of anilines is 3. The van der Waals surface area contributed by atoms with Crippen LogP contribution in [0, 0.1) is 0 Å². The number of hydrogen-bond donors (Lipinski definition) is 0. The van der Waals surface area contributed by atoms with Gasteiger partial charge in [-0.2, -0.15) is 0 Å². The van der Waals surface area contributed by atoms with Gasteiger partial charge >= 0.3 is 0 Å². The van der Waals surface area contributed by atoms with Gasteiger partial charge in [0.15, 0.2) is 0 Å². The first-order chi connectivity index (χ1) is 27.8. The molecule has 3 heteroatoms. The standard InChI is InChI=1S/C53H34N2S/c1-3-14-35(15-4-1)36-26-28-38(29-27-36)55(51-25-13-24-47-48-32-33-50(37-16-5-2-6-17-37)54-53(48)56-52(47)51)39-30-31-46-44-22-10-9-20-42(44)40-18-7-8-19-41(40)43-21-11-12-23-45(43)49(46)34-39/h1-34H. The Morgan fingerprint density at radius 1 is 0.339 bits per heavy atom. The van der Waals surface area contributed by atoms with Crippen LogP contribution in [0.25, 0.3) is 87.2 Å². The van der Waals surface area contributed by atoms with E-state index < -0.39 is 0 Å². The van der Waals surface area contributed by atoms with Crippen molar-refractivity contribution in [2.75, 3.05) is 4.90 Å². The van der Waals surface area contributed by atoms with Crippen LogP contribution in [0.2, 0.25) is 0 Å². The average molecular weight is 731 g/mol. The van der Waals surface area contributed by atoms with Crippen LogP contribution in [0.4, 0.5) is 17.1 Å². The van der Waals surface area contributed by atoms with Crippen LogP contribution in [0.1, 0.15) is 0 Å². The Hall–Kier alpha value is -7.07. The summed E-state index contributed by atoms with van der Waals surface area (Å²) in [4.78, 5) is 8.69. The number of benzene rings is 8. The van der Waals surface area contributed by atoms with E-state index in [9.17, 15) is 0 Å². The third kappa shape index (κ3) is 5.36. The normalized spacial score (nSPS) is 11.6. The van der Waals surface area contributed by atoms with Crippen molar-refractivity contribution in [2.24, 2.45) is 0 Å². The van der Waals surface area contributed by atoms with Gasteiger partial charge in [-0.1, -0.05) is 164 Å². The third-order valence-electron chi connectivity index (χ3n) is 11.1. The molecule has 10 aromatic rings. The molecule has 2 nitrogen and oxygen atoms in total. The molecule has 0 radical (unpaired) electrons. The van der Waals surface area contributed by atoms with Crippen LogP contribution in [-0.2, 0) is 0 Å². The highest BCUT2D eigenvalue weighted by Gasteiger charge is 2.24. The molecule has 0 spiro atoms. The maximum absolute atomic E-state index is 5.22. The summed E-state index contributed by atoms with van der Waals surface area (Å²) in [7, 11) is 0. The summed E-state index contributed by atoms with van der Waals surface area (Å²) in [6, 6.07) is 74.7. The van der Waals surface area contributed by atoms with E-state index in [4.69, 9.17) is 4.98 Å². The molecular formula is C53H34N2S. The molecule has 0 unspecified atom stereocenters. The number of rotatable bonds is 5. The second kappa shape index (κ2) is 13.3. The quantitative estimate of drug-likeness (QED) is 0.175. The van der Waals surface area contributed by atoms with Crippen molar-refractivity contribution < 1.29 is 0 Å². The van der Waals surface area contributed by atoms with Crippen LogP contribution < -0.4 is 4.90 Å². The highest BCUT2D eigenvalue weighted by atomic mass is 32.1. The van der Waals surface area contributed by atoms with Gasteiger partial charge in [-0.3, -0.25) is 0 Å². The maximum atomic E-state index is 5.22. The summed E-state index contributed by atoms with van der Waals surface area (Å²) in [5.41, 5.74) is 17.7. The number of thiophene rings is 1. The molecule has 0 saturated heterocycles. The van der Waals surface area contributed by atoms with Crippen LogP contribution >= 0.6 is 11.3 Å². The van der Waals surface area contributed by atoms with E-state index in [1.807, 2.05) is 0 Å². The highest BCUT2D eigenvalue weighted by Crippen LogP contribution is 2.51. The van der Waals surface area contributed by atoms with E-state index in [0.717, 1.165) is 33.1 Å². The van der Waals surface area contributed by atoms with Gasteiger partial charge in [0.25, 0.3) is 0 Å². The van der Waals surface area contributed by atoms with Gasteiger partial charge in [0.05, 0.1) is 16.1 Å². The second-order valence-corrected chi connectivity index (χ2v) is 15.3.